The van der Waals surface area contributed by atoms with Crippen LogP contribution in [0.25, 0.3) is 0 Å². The molecule has 1 unspecified atom stereocenters. The molecule has 5 heteroatoms. The molecule has 0 bridgehead atoms. The number of thiocarbonyl (C=S) groups is 1. The molecule has 1 aliphatic heterocycles. The number of aliphatic hydroxyl groups excluding tert-OH is 1. The topological polar surface area (TPSA) is 52.7 Å². The predicted octanol–water partition coefficient (Wildman–Crippen LogP) is 0.932. The van der Waals surface area contributed by atoms with Gasteiger partial charge in [0.1, 0.15) is 0 Å². The highest BCUT2D eigenvalue weighted by atomic mass is 32.1. The quantitative estimate of drug-likeness (QED) is 0.791. The third kappa shape index (κ3) is 3.55. The second-order valence-electron chi connectivity index (χ2n) is 5.26. The summed E-state index contributed by atoms with van der Waals surface area (Å²) in [6.45, 7) is 6.82. The molecular formula is C15H23N3OS. The van der Waals surface area contributed by atoms with Gasteiger partial charge in [-0.15, -0.1) is 0 Å². The molecular weight excluding hydrogens is 270 g/mol. The molecule has 4 nitrogen and oxygen atoms in total. The van der Waals surface area contributed by atoms with Crippen molar-refractivity contribution in [2.24, 2.45) is 5.73 Å². The zero-order valence-corrected chi connectivity index (χ0v) is 12.8. The molecule has 20 heavy (non-hydrogen) atoms. The fraction of sp³-hybridized carbons (Fsp3) is 0.533. The van der Waals surface area contributed by atoms with Crippen LogP contribution in [0.3, 0.4) is 0 Å². The molecule has 0 radical (unpaired) electrons. The molecule has 0 spiro atoms. The van der Waals surface area contributed by atoms with Crippen molar-refractivity contribution in [3.05, 3.63) is 35.4 Å². The van der Waals surface area contributed by atoms with Gasteiger partial charge in [0, 0.05) is 32.7 Å². The fourth-order valence-corrected chi connectivity index (χ4v) is 3.09. The van der Waals surface area contributed by atoms with Gasteiger partial charge in [0.05, 0.1) is 17.6 Å². The Kier molecular flexibility index (Phi) is 5.48. The number of hydrogen-bond acceptors (Lipinski definition) is 4. The average molecular weight is 293 g/mol. The summed E-state index contributed by atoms with van der Waals surface area (Å²) >= 11 is 5.30. The van der Waals surface area contributed by atoms with E-state index >= 15 is 0 Å². The van der Waals surface area contributed by atoms with Crippen LogP contribution < -0.4 is 5.73 Å². The molecule has 1 saturated heterocycles. The Bertz CT molecular complexity index is 458. The van der Waals surface area contributed by atoms with Crippen LogP contribution in [0.2, 0.25) is 0 Å². The van der Waals surface area contributed by atoms with Crippen LogP contribution in [-0.4, -0.2) is 59.2 Å². The first-order chi connectivity index (χ1) is 9.63. The van der Waals surface area contributed by atoms with Crippen molar-refractivity contribution >= 4 is 17.2 Å². The minimum atomic E-state index is 0.0162. The lowest BCUT2D eigenvalue weighted by Crippen LogP contribution is -2.50. The molecule has 1 fully saturated rings. The van der Waals surface area contributed by atoms with Crippen LogP contribution in [0, 0.1) is 6.92 Å². The van der Waals surface area contributed by atoms with Crippen LogP contribution in [0.5, 0.6) is 0 Å². The van der Waals surface area contributed by atoms with E-state index in [1.54, 1.807) is 0 Å². The summed E-state index contributed by atoms with van der Waals surface area (Å²) in [5.41, 5.74) is 8.43. The maximum absolute atomic E-state index is 9.00. The van der Waals surface area contributed by atoms with Gasteiger partial charge in [-0.05, 0) is 18.1 Å². The van der Waals surface area contributed by atoms with Crippen molar-refractivity contribution in [2.45, 2.75) is 13.0 Å². The van der Waals surface area contributed by atoms with Crippen molar-refractivity contribution < 1.29 is 5.11 Å². The average Bonchev–Trinajstić information content (AvgIpc) is 2.43. The minimum absolute atomic E-state index is 0.0162. The SMILES string of the molecule is Cc1ccccc1C(C(N)=S)N1CCN(CCO)CC1. The van der Waals surface area contributed by atoms with E-state index in [2.05, 4.69) is 28.9 Å². The number of aryl methyl sites for hydroxylation is 1. The smallest absolute Gasteiger partial charge is 0.0948 e. The van der Waals surface area contributed by atoms with Gasteiger partial charge in [0.25, 0.3) is 0 Å². The van der Waals surface area contributed by atoms with Gasteiger partial charge in [-0.25, -0.2) is 0 Å². The molecule has 1 atom stereocenters. The maximum atomic E-state index is 9.00. The molecule has 0 saturated carbocycles. The highest BCUT2D eigenvalue weighted by Gasteiger charge is 2.27. The number of piperazine rings is 1. The highest BCUT2D eigenvalue weighted by Crippen LogP contribution is 2.25. The van der Waals surface area contributed by atoms with Gasteiger partial charge in [-0.2, -0.15) is 0 Å². The van der Waals surface area contributed by atoms with Gasteiger partial charge in [0.2, 0.25) is 0 Å². The van der Waals surface area contributed by atoms with Crippen LogP contribution in [0.4, 0.5) is 0 Å². The van der Waals surface area contributed by atoms with Gasteiger partial charge in [-0.1, -0.05) is 36.5 Å². The number of nitrogens with zero attached hydrogens (tertiary/aromatic N) is 2. The molecule has 1 aromatic rings. The number of rotatable bonds is 5. The van der Waals surface area contributed by atoms with Crippen molar-refractivity contribution in [2.75, 3.05) is 39.3 Å². The highest BCUT2D eigenvalue weighted by molar-refractivity contribution is 7.80. The van der Waals surface area contributed by atoms with E-state index in [0.29, 0.717) is 4.99 Å². The van der Waals surface area contributed by atoms with Gasteiger partial charge in [0.15, 0.2) is 0 Å². The van der Waals surface area contributed by atoms with Crippen LogP contribution >= 0.6 is 12.2 Å². The Morgan fingerprint density at radius 3 is 2.50 bits per heavy atom. The Balaban J connectivity index is 2.11. The van der Waals surface area contributed by atoms with Crippen molar-refractivity contribution in [3.8, 4) is 0 Å². The van der Waals surface area contributed by atoms with Crippen molar-refractivity contribution in [3.63, 3.8) is 0 Å². The van der Waals surface area contributed by atoms with Gasteiger partial charge < -0.3 is 10.8 Å². The van der Waals surface area contributed by atoms with Crippen LogP contribution in [0.15, 0.2) is 24.3 Å². The third-order valence-electron chi connectivity index (χ3n) is 3.94. The molecule has 1 aliphatic rings. The van der Waals surface area contributed by atoms with E-state index in [4.69, 9.17) is 23.1 Å². The fourth-order valence-electron chi connectivity index (χ4n) is 2.81. The molecule has 1 aromatic carbocycles. The van der Waals surface area contributed by atoms with E-state index in [9.17, 15) is 0 Å². The Morgan fingerprint density at radius 2 is 1.95 bits per heavy atom. The van der Waals surface area contributed by atoms with E-state index in [1.807, 2.05) is 12.1 Å². The normalized spacial score (nSPS) is 18.9. The lowest BCUT2D eigenvalue weighted by molar-refractivity contribution is 0.101. The molecule has 0 aromatic heterocycles. The predicted molar refractivity (Wildman–Crippen MR) is 85.8 cm³/mol. The third-order valence-corrected chi connectivity index (χ3v) is 4.16. The summed E-state index contributed by atoms with van der Waals surface area (Å²) in [6.07, 6.45) is 0. The van der Waals surface area contributed by atoms with Gasteiger partial charge in [-0.3, -0.25) is 9.80 Å². The summed E-state index contributed by atoms with van der Waals surface area (Å²) in [6, 6.07) is 8.30. The maximum Gasteiger partial charge on any atom is 0.0948 e. The second kappa shape index (κ2) is 7.13. The lowest BCUT2D eigenvalue weighted by atomic mass is 9.99. The number of β-amino-alcohol motifs (C(OH)–C–C–N with tert-alkyl or cyclic N) is 1. The van der Waals surface area contributed by atoms with E-state index in [-0.39, 0.29) is 12.6 Å². The van der Waals surface area contributed by atoms with Crippen LogP contribution in [0.1, 0.15) is 17.2 Å². The Labute approximate surface area is 126 Å². The molecule has 1 heterocycles. The molecule has 110 valence electrons. The largest absolute Gasteiger partial charge is 0.395 e. The van der Waals surface area contributed by atoms with Gasteiger partial charge >= 0.3 is 0 Å². The number of aliphatic hydroxyl groups is 1. The van der Waals surface area contributed by atoms with Crippen LogP contribution in [-0.2, 0) is 0 Å². The van der Waals surface area contributed by atoms with E-state index in [1.165, 1.54) is 11.1 Å². The van der Waals surface area contributed by atoms with Crippen molar-refractivity contribution in [1.29, 1.82) is 0 Å². The molecule has 0 amide bonds. The number of hydrogen-bond donors (Lipinski definition) is 2. The monoisotopic (exact) mass is 293 g/mol. The minimum Gasteiger partial charge on any atom is -0.395 e. The first kappa shape index (κ1) is 15.4. The van der Waals surface area contributed by atoms with E-state index in [0.717, 1.165) is 32.7 Å². The summed E-state index contributed by atoms with van der Waals surface area (Å²) in [5, 5.41) is 9.00. The summed E-state index contributed by atoms with van der Waals surface area (Å²) < 4.78 is 0. The molecule has 2 rings (SSSR count). The standard InChI is InChI=1S/C15H23N3OS/c1-12-4-2-3-5-13(12)14(15(16)20)18-8-6-17(7-9-18)10-11-19/h2-5,14,19H,6-11H2,1H3,(H2,16,20). The summed E-state index contributed by atoms with van der Waals surface area (Å²) in [5.74, 6) is 0. The first-order valence-corrected chi connectivity index (χ1v) is 7.46. The van der Waals surface area contributed by atoms with E-state index < -0.39 is 0 Å². The zero-order chi connectivity index (χ0) is 14.5. The Hall–Kier alpha value is -1.01. The number of nitrogens with two attached hydrogens (primary N) is 1. The second-order valence-corrected chi connectivity index (χ2v) is 5.73. The summed E-state index contributed by atoms with van der Waals surface area (Å²) in [7, 11) is 0. The van der Waals surface area contributed by atoms with Crippen molar-refractivity contribution in [1.82, 2.24) is 9.80 Å². The molecule has 0 aliphatic carbocycles. The Morgan fingerprint density at radius 1 is 1.30 bits per heavy atom. The lowest BCUT2D eigenvalue weighted by Gasteiger charge is -2.39. The zero-order valence-electron chi connectivity index (χ0n) is 12.0. The first-order valence-electron chi connectivity index (χ1n) is 7.05. The number of benzene rings is 1. The molecule has 3 N–H and O–H groups in total. The summed E-state index contributed by atoms with van der Waals surface area (Å²) in [4.78, 5) is 5.15.